The molecule has 1 aromatic heterocycles. The number of nitrogens with one attached hydrogen (secondary N) is 1. The van der Waals surface area contributed by atoms with Gasteiger partial charge in [-0.2, -0.15) is 13.2 Å². The molecule has 2 rings (SSSR count). The highest BCUT2D eigenvalue weighted by Crippen LogP contribution is 2.37. The predicted octanol–water partition coefficient (Wildman–Crippen LogP) is 4.00. The van der Waals surface area contributed by atoms with Crippen molar-refractivity contribution in [1.29, 1.82) is 0 Å². The number of rotatable bonds is 5. The van der Waals surface area contributed by atoms with Gasteiger partial charge in [0, 0.05) is 12.6 Å². The Hall–Kier alpha value is -2.37. The van der Waals surface area contributed by atoms with Crippen LogP contribution in [0.25, 0.3) is 0 Å². The molecule has 2 aromatic rings. The summed E-state index contributed by atoms with van der Waals surface area (Å²) in [6.07, 6.45) is -3.56. The van der Waals surface area contributed by atoms with Crippen molar-refractivity contribution in [2.24, 2.45) is 0 Å². The number of pyridine rings is 1. The zero-order chi connectivity index (χ0) is 16.9. The Kier molecular flexibility index (Phi) is 5.36. The van der Waals surface area contributed by atoms with Gasteiger partial charge in [0.25, 0.3) is 0 Å². The Balaban J connectivity index is 2.07. The van der Waals surface area contributed by atoms with E-state index in [1.165, 1.54) is 24.3 Å². The lowest BCUT2D eigenvalue weighted by Crippen LogP contribution is -2.32. The largest absolute Gasteiger partial charge is 0.396 e. The lowest BCUT2D eigenvalue weighted by Gasteiger charge is -2.21. The summed E-state index contributed by atoms with van der Waals surface area (Å²) in [7, 11) is 0. The Morgan fingerprint density at radius 2 is 1.78 bits per heavy atom. The molecule has 0 unspecified atom stereocenters. The Bertz CT molecular complexity index is 629. The van der Waals surface area contributed by atoms with Crippen LogP contribution in [0.4, 0.5) is 13.2 Å². The standard InChI is InChI=1S/C17H17F3N2O/c1-12(15-9-5-6-10-21-15)22-16(23)11-14(17(18,19)20)13-7-3-2-4-8-13/h2-10,12,14H,11H2,1H3,(H,22,23)/t12-,14+/m0/s1. The number of alkyl halides is 3. The summed E-state index contributed by atoms with van der Waals surface area (Å²) >= 11 is 0. The molecule has 0 saturated heterocycles. The molecule has 1 N–H and O–H groups in total. The van der Waals surface area contributed by atoms with Gasteiger partial charge in [-0.1, -0.05) is 36.4 Å². The van der Waals surface area contributed by atoms with Crippen LogP contribution in [-0.4, -0.2) is 17.1 Å². The van der Waals surface area contributed by atoms with Gasteiger partial charge < -0.3 is 5.32 Å². The second kappa shape index (κ2) is 7.26. The van der Waals surface area contributed by atoms with Gasteiger partial charge in [-0.15, -0.1) is 0 Å². The van der Waals surface area contributed by atoms with Crippen LogP contribution in [0.15, 0.2) is 54.7 Å². The van der Waals surface area contributed by atoms with E-state index in [0.717, 1.165) is 0 Å². The molecule has 2 atom stereocenters. The van der Waals surface area contributed by atoms with Gasteiger partial charge in [0.05, 0.1) is 17.7 Å². The number of hydrogen-bond donors (Lipinski definition) is 1. The molecule has 1 aromatic carbocycles. The first-order valence-electron chi connectivity index (χ1n) is 7.20. The highest BCUT2D eigenvalue weighted by Gasteiger charge is 2.41. The van der Waals surface area contributed by atoms with Gasteiger partial charge in [0.2, 0.25) is 5.91 Å². The van der Waals surface area contributed by atoms with Crippen LogP contribution in [0.3, 0.4) is 0 Å². The van der Waals surface area contributed by atoms with Crippen LogP contribution in [0.1, 0.15) is 36.6 Å². The number of amides is 1. The van der Waals surface area contributed by atoms with Gasteiger partial charge >= 0.3 is 6.18 Å². The third-order valence-corrected chi connectivity index (χ3v) is 3.50. The quantitative estimate of drug-likeness (QED) is 0.904. The molecule has 0 radical (unpaired) electrons. The van der Waals surface area contributed by atoms with Crippen molar-refractivity contribution < 1.29 is 18.0 Å². The van der Waals surface area contributed by atoms with E-state index < -0.39 is 30.5 Å². The van der Waals surface area contributed by atoms with Crippen LogP contribution in [-0.2, 0) is 4.79 Å². The molecule has 0 bridgehead atoms. The van der Waals surface area contributed by atoms with Crippen molar-refractivity contribution in [2.45, 2.75) is 31.5 Å². The first-order chi connectivity index (χ1) is 10.9. The lowest BCUT2D eigenvalue weighted by atomic mass is 9.94. The molecule has 3 nitrogen and oxygen atoms in total. The minimum Gasteiger partial charge on any atom is -0.348 e. The predicted molar refractivity (Wildman–Crippen MR) is 80.6 cm³/mol. The van der Waals surface area contributed by atoms with Crippen LogP contribution in [0.2, 0.25) is 0 Å². The van der Waals surface area contributed by atoms with Crippen LogP contribution in [0, 0.1) is 0 Å². The fourth-order valence-electron chi connectivity index (χ4n) is 2.30. The van der Waals surface area contributed by atoms with Crippen molar-refractivity contribution >= 4 is 5.91 Å². The molecule has 6 heteroatoms. The van der Waals surface area contributed by atoms with E-state index in [2.05, 4.69) is 10.3 Å². The monoisotopic (exact) mass is 322 g/mol. The number of halogens is 3. The summed E-state index contributed by atoms with van der Waals surface area (Å²) < 4.78 is 39.7. The maximum atomic E-state index is 13.2. The molecule has 0 aliphatic rings. The van der Waals surface area contributed by atoms with E-state index in [0.29, 0.717) is 5.69 Å². The topological polar surface area (TPSA) is 42.0 Å². The Morgan fingerprint density at radius 1 is 1.13 bits per heavy atom. The molecule has 23 heavy (non-hydrogen) atoms. The smallest absolute Gasteiger partial charge is 0.348 e. The van der Waals surface area contributed by atoms with Crippen molar-refractivity contribution in [3.05, 3.63) is 66.0 Å². The average molecular weight is 322 g/mol. The zero-order valence-electron chi connectivity index (χ0n) is 12.5. The number of carbonyl (C=O) groups excluding carboxylic acids is 1. The maximum absolute atomic E-state index is 13.2. The summed E-state index contributed by atoms with van der Waals surface area (Å²) in [6, 6.07) is 12.2. The summed E-state index contributed by atoms with van der Waals surface area (Å²) in [5.74, 6) is -2.48. The maximum Gasteiger partial charge on any atom is 0.396 e. The van der Waals surface area contributed by atoms with Crippen molar-refractivity contribution in [3.8, 4) is 0 Å². The normalized spacial score (nSPS) is 14.1. The number of nitrogens with zero attached hydrogens (tertiary/aromatic N) is 1. The van der Waals surface area contributed by atoms with Gasteiger partial charge in [-0.3, -0.25) is 9.78 Å². The molecular weight excluding hydrogens is 305 g/mol. The van der Waals surface area contributed by atoms with Gasteiger partial charge in [0.1, 0.15) is 0 Å². The average Bonchev–Trinajstić information content (AvgIpc) is 2.53. The number of carbonyl (C=O) groups is 1. The number of hydrogen-bond acceptors (Lipinski definition) is 2. The third-order valence-electron chi connectivity index (χ3n) is 3.50. The first kappa shape index (κ1) is 17.0. The Labute approximate surface area is 132 Å². The minimum atomic E-state index is -4.48. The molecule has 122 valence electrons. The highest BCUT2D eigenvalue weighted by molar-refractivity contribution is 5.77. The van der Waals surface area contributed by atoms with Gasteiger partial charge in [0.15, 0.2) is 0 Å². The van der Waals surface area contributed by atoms with E-state index in [9.17, 15) is 18.0 Å². The fraction of sp³-hybridized carbons (Fsp3) is 0.294. The molecule has 0 fully saturated rings. The van der Waals surface area contributed by atoms with E-state index in [1.807, 2.05) is 0 Å². The van der Waals surface area contributed by atoms with Crippen LogP contribution >= 0.6 is 0 Å². The second-order valence-electron chi connectivity index (χ2n) is 5.25. The number of aromatic nitrogens is 1. The van der Waals surface area contributed by atoms with E-state index in [-0.39, 0.29) is 5.56 Å². The minimum absolute atomic E-state index is 0.0839. The summed E-state index contributed by atoms with van der Waals surface area (Å²) in [4.78, 5) is 16.1. The van der Waals surface area contributed by atoms with Crippen LogP contribution < -0.4 is 5.32 Å². The van der Waals surface area contributed by atoms with E-state index >= 15 is 0 Å². The third kappa shape index (κ3) is 4.81. The summed E-state index contributed by atoms with van der Waals surface area (Å²) in [5, 5.41) is 2.57. The molecular formula is C17H17F3N2O. The van der Waals surface area contributed by atoms with Crippen LogP contribution in [0.5, 0.6) is 0 Å². The first-order valence-corrected chi connectivity index (χ1v) is 7.20. The van der Waals surface area contributed by atoms with Gasteiger partial charge in [-0.05, 0) is 24.6 Å². The fourth-order valence-corrected chi connectivity index (χ4v) is 2.30. The molecule has 0 spiro atoms. The molecule has 1 amide bonds. The van der Waals surface area contributed by atoms with Crippen molar-refractivity contribution in [3.63, 3.8) is 0 Å². The summed E-state index contributed by atoms with van der Waals surface area (Å²) in [6.45, 7) is 1.69. The molecule has 1 heterocycles. The van der Waals surface area contributed by atoms with E-state index in [4.69, 9.17) is 0 Å². The summed E-state index contributed by atoms with van der Waals surface area (Å²) in [5.41, 5.74) is 0.685. The molecule has 0 aliphatic carbocycles. The SMILES string of the molecule is C[C@H](NC(=O)C[C@H](c1ccccc1)C(F)(F)F)c1ccccn1. The lowest BCUT2D eigenvalue weighted by molar-refractivity contribution is -0.157. The van der Waals surface area contributed by atoms with Crippen molar-refractivity contribution in [2.75, 3.05) is 0 Å². The second-order valence-corrected chi connectivity index (χ2v) is 5.25. The number of benzene rings is 1. The van der Waals surface area contributed by atoms with Crippen molar-refractivity contribution in [1.82, 2.24) is 10.3 Å². The van der Waals surface area contributed by atoms with E-state index in [1.54, 1.807) is 37.4 Å². The van der Waals surface area contributed by atoms with Gasteiger partial charge in [-0.25, -0.2) is 0 Å². The zero-order valence-corrected chi connectivity index (χ0v) is 12.5. The molecule has 0 aliphatic heterocycles. The Morgan fingerprint density at radius 3 is 2.35 bits per heavy atom. The molecule has 0 saturated carbocycles. The highest BCUT2D eigenvalue weighted by atomic mass is 19.4.